The van der Waals surface area contributed by atoms with E-state index >= 15 is 0 Å². The van der Waals surface area contributed by atoms with Gasteiger partial charge in [-0.15, -0.1) is 0 Å². The Labute approximate surface area is 155 Å². The number of rotatable bonds is 11. The number of sulfonamides is 1. The van der Waals surface area contributed by atoms with E-state index in [0.29, 0.717) is 17.9 Å². The highest BCUT2D eigenvalue weighted by Gasteiger charge is 2.15. The first-order valence-corrected chi connectivity index (χ1v) is 10.4. The molecule has 7 heteroatoms. The van der Waals surface area contributed by atoms with Crippen molar-refractivity contribution in [2.45, 2.75) is 56.9 Å². The average molecular weight is 378 g/mol. The highest BCUT2D eigenvalue weighted by Crippen LogP contribution is 2.17. The maximum atomic E-state index is 12.4. The Morgan fingerprint density at radius 3 is 2.62 bits per heavy atom. The van der Waals surface area contributed by atoms with Crippen molar-refractivity contribution in [3.05, 3.63) is 48.4 Å². The van der Waals surface area contributed by atoms with E-state index in [1.54, 1.807) is 24.3 Å². The van der Waals surface area contributed by atoms with Gasteiger partial charge in [0.05, 0.1) is 17.7 Å². The zero-order valence-corrected chi connectivity index (χ0v) is 15.8. The minimum atomic E-state index is -3.68. The second kappa shape index (κ2) is 10.1. The molecule has 0 aliphatic carbocycles. The van der Waals surface area contributed by atoms with Crippen LogP contribution in [0, 0.1) is 0 Å². The Hall–Kier alpha value is -2.12. The van der Waals surface area contributed by atoms with E-state index in [1.807, 2.05) is 0 Å². The van der Waals surface area contributed by atoms with Crippen LogP contribution in [0.1, 0.15) is 51.2 Å². The molecule has 1 aromatic carbocycles. The van der Waals surface area contributed by atoms with Crippen LogP contribution in [0.4, 0.5) is 5.69 Å². The quantitative estimate of drug-likeness (QED) is 0.577. The fourth-order valence-electron chi connectivity index (χ4n) is 2.52. The van der Waals surface area contributed by atoms with E-state index in [1.165, 1.54) is 31.2 Å². The van der Waals surface area contributed by atoms with Crippen molar-refractivity contribution in [2.24, 2.45) is 0 Å². The number of furan rings is 1. The lowest BCUT2D eigenvalue weighted by atomic mass is 10.1. The molecule has 0 radical (unpaired) electrons. The van der Waals surface area contributed by atoms with Crippen molar-refractivity contribution < 1.29 is 17.6 Å². The van der Waals surface area contributed by atoms with E-state index in [9.17, 15) is 13.2 Å². The van der Waals surface area contributed by atoms with Crippen molar-refractivity contribution in [1.29, 1.82) is 0 Å². The van der Waals surface area contributed by atoms with E-state index < -0.39 is 10.0 Å². The molecule has 26 heavy (non-hydrogen) atoms. The Bertz CT molecular complexity index is 786. The number of hydrogen-bond donors (Lipinski definition) is 2. The molecule has 0 aliphatic heterocycles. The summed E-state index contributed by atoms with van der Waals surface area (Å²) in [5.74, 6) is 0.431. The number of anilines is 1. The zero-order chi connectivity index (χ0) is 18.8. The van der Waals surface area contributed by atoms with Crippen molar-refractivity contribution in [3.8, 4) is 0 Å². The monoisotopic (exact) mass is 378 g/mol. The molecule has 1 heterocycles. The third kappa shape index (κ3) is 6.65. The Balaban J connectivity index is 1.89. The van der Waals surface area contributed by atoms with E-state index in [4.69, 9.17) is 4.42 Å². The minimum Gasteiger partial charge on any atom is -0.468 e. The number of amides is 1. The first-order chi connectivity index (χ1) is 12.5. The summed E-state index contributed by atoms with van der Waals surface area (Å²) in [5.41, 5.74) is 0.476. The molecule has 0 fully saturated rings. The zero-order valence-electron chi connectivity index (χ0n) is 15.0. The predicted octanol–water partition coefficient (Wildman–Crippen LogP) is 4.06. The predicted molar refractivity (Wildman–Crippen MR) is 101 cm³/mol. The number of nitrogens with one attached hydrogen (secondary N) is 2. The third-order valence-corrected chi connectivity index (χ3v) is 5.35. The lowest BCUT2D eigenvalue weighted by Gasteiger charge is -2.09. The normalized spacial score (nSPS) is 11.4. The highest BCUT2D eigenvalue weighted by molar-refractivity contribution is 7.89. The summed E-state index contributed by atoms with van der Waals surface area (Å²) in [7, 11) is -3.68. The van der Waals surface area contributed by atoms with Crippen molar-refractivity contribution in [3.63, 3.8) is 0 Å². The number of unbranched alkanes of at least 4 members (excludes halogenated alkanes) is 4. The van der Waals surface area contributed by atoms with Crippen LogP contribution in [0.2, 0.25) is 0 Å². The van der Waals surface area contributed by atoms with Crippen LogP contribution in [0.25, 0.3) is 0 Å². The fourth-order valence-corrected chi connectivity index (χ4v) is 3.56. The highest BCUT2D eigenvalue weighted by atomic mass is 32.2. The molecule has 2 N–H and O–H groups in total. The molecule has 2 aromatic rings. The Morgan fingerprint density at radius 2 is 1.88 bits per heavy atom. The van der Waals surface area contributed by atoms with Crippen LogP contribution < -0.4 is 10.0 Å². The van der Waals surface area contributed by atoms with Crippen LogP contribution in [0.5, 0.6) is 0 Å². The van der Waals surface area contributed by atoms with Gasteiger partial charge in [-0.05, 0) is 36.8 Å². The smallest absolute Gasteiger partial charge is 0.241 e. The summed E-state index contributed by atoms with van der Waals surface area (Å²) in [5, 5.41) is 2.77. The molecule has 0 spiro atoms. The van der Waals surface area contributed by atoms with Gasteiger partial charge < -0.3 is 9.73 Å². The standard InChI is InChI=1S/C19H26N2O4S/c1-2-3-4-5-6-12-19(22)21-16-9-7-11-18(14-16)26(23,24)20-15-17-10-8-13-25-17/h7-11,13-14,20H,2-6,12,15H2,1H3,(H,21,22). The first kappa shape index (κ1) is 20.2. The lowest BCUT2D eigenvalue weighted by molar-refractivity contribution is -0.116. The van der Waals surface area contributed by atoms with Gasteiger partial charge in [-0.3, -0.25) is 4.79 Å². The van der Waals surface area contributed by atoms with E-state index in [2.05, 4.69) is 17.0 Å². The summed E-state index contributed by atoms with van der Waals surface area (Å²) >= 11 is 0. The van der Waals surface area contributed by atoms with Gasteiger partial charge in [0.1, 0.15) is 5.76 Å². The second-order valence-electron chi connectivity index (χ2n) is 6.14. The molecule has 6 nitrogen and oxygen atoms in total. The van der Waals surface area contributed by atoms with Crippen molar-refractivity contribution in [1.82, 2.24) is 4.72 Å². The molecule has 0 unspecified atom stereocenters. The Morgan fingerprint density at radius 1 is 1.08 bits per heavy atom. The number of benzene rings is 1. The van der Waals surface area contributed by atoms with Gasteiger partial charge >= 0.3 is 0 Å². The lowest BCUT2D eigenvalue weighted by Crippen LogP contribution is -2.23. The van der Waals surface area contributed by atoms with Crippen molar-refractivity contribution in [2.75, 3.05) is 5.32 Å². The Kier molecular flexibility index (Phi) is 7.87. The van der Waals surface area contributed by atoms with E-state index in [0.717, 1.165) is 19.3 Å². The van der Waals surface area contributed by atoms with Gasteiger partial charge in [0.25, 0.3) is 0 Å². The summed E-state index contributed by atoms with van der Waals surface area (Å²) in [6, 6.07) is 9.63. The molecular weight excluding hydrogens is 352 g/mol. The largest absolute Gasteiger partial charge is 0.468 e. The molecule has 1 amide bonds. The molecular formula is C19H26N2O4S. The van der Waals surface area contributed by atoms with Gasteiger partial charge in [-0.25, -0.2) is 13.1 Å². The van der Waals surface area contributed by atoms with Crippen LogP contribution in [0.3, 0.4) is 0 Å². The molecule has 1 aromatic heterocycles. The number of carbonyl (C=O) groups excluding carboxylic acids is 1. The second-order valence-corrected chi connectivity index (χ2v) is 7.91. The van der Waals surface area contributed by atoms with Crippen molar-refractivity contribution >= 4 is 21.6 Å². The maximum Gasteiger partial charge on any atom is 0.241 e. The first-order valence-electron chi connectivity index (χ1n) is 8.93. The molecule has 0 bridgehead atoms. The van der Waals surface area contributed by atoms with Gasteiger partial charge in [-0.2, -0.15) is 0 Å². The SMILES string of the molecule is CCCCCCCC(=O)Nc1cccc(S(=O)(=O)NCc2ccco2)c1. The summed E-state index contributed by atoms with van der Waals surface area (Å²) in [4.78, 5) is 12.1. The summed E-state index contributed by atoms with van der Waals surface area (Å²) in [6.45, 7) is 2.22. The summed E-state index contributed by atoms with van der Waals surface area (Å²) in [6.07, 6.45) is 7.30. The van der Waals surface area contributed by atoms with Gasteiger partial charge in [-0.1, -0.05) is 38.7 Å². The topological polar surface area (TPSA) is 88.4 Å². The van der Waals surface area contributed by atoms with Gasteiger partial charge in [0.15, 0.2) is 0 Å². The fraction of sp³-hybridized carbons (Fsp3) is 0.421. The maximum absolute atomic E-state index is 12.4. The molecule has 0 atom stereocenters. The van der Waals surface area contributed by atoms with Crippen LogP contribution in [0.15, 0.2) is 52.0 Å². The van der Waals surface area contributed by atoms with Crippen LogP contribution >= 0.6 is 0 Å². The van der Waals surface area contributed by atoms with Gasteiger partial charge in [0, 0.05) is 12.1 Å². The van der Waals surface area contributed by atoms with E-state index in [-0.39, 0.29) is 17.3 Å². The minimum absolute atomic E-state index is 0.0731. The third-order valence-electron chi connectivity index (χ3n) is 3.95. The molecule has 0 aliphatic rings. The molecule has 142 valence electrons. The van der Waals surface area contributed by atoms with Crippen LogP contribution in [-0.2, 0) is 21.4 Å². The average Bonchev–Trinajstić information content (AvgIpc) is 3.14. The van der Waals surface area contributed by atoms with Crippen LogP contribution in [-0.4, -0.2) is 14.3 Å². The molecule has 2 rings (SSSR count). The molecule has 0 saturated heterocycles. The summed E-state index contributed by atoms with van der Waals surface area (Å²) < 4.78 is 32.3. The van der Waals surface area contributed by atoms with Gasteiger partial charge in [0.2, 0.25) is 15.9 Å². The molecule has 0 saturated carbocycles. The number of carbonyl (C=O) groups is 1. The number of hydrogen-bond acceptors (Lipinski definition) is 4.